The van der Waals surface area contributed by atoms with E-state index in [1.54, 1.807) is 6.26 Å². The summed E-state index contributed by atoms with van der Waals surface area (Å²) in [5, 5.41) is 2.89. The average molecular weight is 281 g/mol. The van der Waals surface area contributed by atoms with Crippen molar-refractivity contribution in [3.05, 3.63) is 24.2 Å². The molecule has 1 fully saturated rings. The maximum absolute atomic E-state index is 11.9. The number of carbonyl (C=O) groups excluding carboxylic acids is 1. The van der Waals surface area contributed by atoms with Gasteiger partial charge in [-0.3, -0.25) is 9.69 Å². The largest absolute Gasteiger partial charge is 0.468 e. The smallest absolute Gasteiger partial charge is 0.239 e. The van der Waals surface area contributed by atoms with E-state index in [2.05, 4.69) is 10.2 Å². The molecule has 1 aromatic rings. The number of nitrogens with two attached hydrogens (primary N) is 1. The summed E-state index contributed by atoms with van der Waals surface area (Å²) in [7, 11) is 1.53. The van der Waals surface area contributed by atoms with Gasteiger partial charge in [0.15, 0.2) is 0 Å². The minimum atomic E-state index is -0.629. The van der Waals surface area contributed by atoms with E-state index in [9.17, 15) is 4.79 Å². The second kappa shape index (κ2) is 7.42. The summed E-state index contributed by atoms with van der Waals surface area (Å²) < 4.78 is 10.4. The Morgan fingerprint density at radius 3 is 2.90 bits per heavy atom. The van der Waals surface area contributed by atoms with Crippen LogP contribution in [0.25, 0.3) is 0 Å². The fraction of sp³-hybridized carbons (Fsp3) is 0.643. The van der Waals surface area contributed by atoms with Crippen LogP contribution in [0.2, 0.25) is 0 Å². The van der Waals surface area contributed by atoms with Crippen molar-refractivity contribution in [3.8, 4) is 0 Å². The number of rotatable bonds is 7. The van der Waals surface area contributed by atoms with Gasteiger partial charge < -0.3 is 20.2 Å². The van der Waals surface area contributed by atoms with Gasteiger partial charge in [-0.05, 0) is 38.1 Å². The molecule has 2 atom stereocenters. The van der Waals surface area contributed by atoms with Crippen molar-refractivity contribution >= 4 is 5.91 Å². The Hall–Kier alpha value is -1.37. The standard InChI is InChI=1S/C14H23N3O3/c1-19-10-11(15)14(18)16-9-12(13-5-4-8-20-13)17-6-2-3-7-17/h4-5,8,11-12H,2-3,6-7,9-10,15H2,1H3,(H,16,18). The average Bonchev–Trinajstić information content (AvgIpc) is 3.12. The van der Waals surface area contributed by atoms with Gasteiger partial charge in [0.05, 0.1) is 18.9 Å². The lowest BCUT2D eigenvalue weighted by atomic mass is 10.2. The van der Waals surface area contributed by atoms with Crippen LogP contribution >= 0.6 is 0 Å². The van der Waals surface area contributed by atoms with Crippen molar-refractivity contribution in [2.24, 2.45) is 5.73 Å². The number of hydrogen-bond donors (Lipinski definition) is 2. The summed E-state index contributed by atoms with van der Waals surface area (Å²) in [4.78, 5) is 14.2. The van der Waals surface area contributed by atoms with Gasteiger partial charge in [0.2, 0.25) is 5.91 Å². The zero-order valence-electron chi connectivity index (χ0n) is 11.9. The van der Waals surface area contributed by atoms with Gasteiger partial charge in [-0.15, -0.1) is 0 Å². The van der Waals surface area contributed by atoms with Crippen molar-refractivity contribution in [2.75, 3.05) is 33.4 Å². The Balaban J connectivity index is 1.93. The maximum atomic E-state index is 11.9. The first kappa shape index (κ1) is 15.0. The van der Waals surface area contributed by atoms with Crippen LogP contribution in [-0.4, -0.2) is 50.2 Å². The predicted octanol–water partition coefficient (Wildman–Crippen LogP) is 0.506. The summed E-state index contributed by atoms with van der Waals surface area (Å²) >= 11 is 0. The highest BCUT2D eigenvalue weighted by atomic mass is 16.5. The molecule has 20 heavy (non-hydrogen) atoms. The molecular weight excluding hydrogens is 258 g/mol. The Morgan fingerprint density at radius 2 is 2.30 bits per heavy atom. The van der Waals surface area contributed by atoms with Gasteiger partial charge in [-0.2, -0.15) is 0 Å². The van der Waals surface area contributed by atoms with Crippen molar-refractivity contribution < 1.29 is 13.9 Å². The Labute approximate surface area is 119 Å². The monoisotopic (exact) mass is 281 g/mol. The molecule has 0 aromatic carbocycles. The summed E-state index contributed by atoms with van der Waals surface area (Å²) in [6.07, 6.45) is 4.04. The lowest BCUT2D eigenvalue weighted by Crippen LogP contribution is -2.46. The Kier molecular flexibility index (Phi) is 5.58. The van der Waals surface area contributed by atoms with E-state index < -0.39 is 6.04 Å². The van der Waals surface area contributed by atoms with E-state index in [4.69, 9.17) is 14.9 Å². The van der Waals surface area contributed by atoms with Crippen LogP contribution in [0.15, 0.2) is 22.8 Å². The van der Waals surface area contributed by atoms with E-state index in [-0.39, 0.29) is 18.6 Å². The number of ether oxygens (including phenoxy) is 1. The molecule has 1 amide bonds. The first-order chi connectivity index (χ1) is 9.72. The molecule has 0 aliphatic carbocycles. The highest BCUT2D eigenvalue weighted by Crippen LogP contribution is 2.24. The third-order valence-corrected chi connectivity index (χ3v) is 3.61. The quantitative estimate of drug-likeness (QED) is 0.761. The molecule has 2 rings (SSSR count). The predicted molar refractivity (Wildman–Crippen MR) is 75.1 cm³/mol. The van der Waals surface area contributed by atoms with E-state index in [1.165, 1.54) is 20.0 Å². The molecule has 1 aliphatic rings. The van der Waals surface area contributed by atoms with E-state index in [0.717, 1.165) is 18.8 Å². The molecule has 1 aromatic heterocycles. The first-order valence-electron chi connectivity index (χ1n) is 7.02. The molecule has 0 saturated carbocycles. The van der Waals surface area contributed by atoms with Gasteiger partial charge in [-0.25, -0.2) is 0 Å². The molecule has 0 bridgehead atoms. The second-order valence-electron chi connectivity index (χ2n) is 5.08. The topological polar surface area (TPSA) is 80.7 Å². The minimum Gasteiger partial charge on any atom is -0.468 e. The van der Waals surface area contributed by atoms with E-state index in [1.807, 2.05) is 12.1 Å². The van der Waals surface area contributed by atoms with Crippen molar-refractivity contribution in [1.82, 2.24) is 10.2 Å². The van der Waals surface area contributed by atoms with Gasteiger partial charge in [0.25, 0.3) is 0 Å². The van der Waals surface area contributed by atoms with Crippen LogP contribution in [0.1, 0.15) is 24.6 Å². The maximum Gasteiger partial charge on any atom is 0.239 e. The van der Waals surface area contributed by atoms with Gasteiger partial charge in [0.1, 0.15) is 11.8 Å². The van der Waals surface area contributed by atoms with Gasteiger partial charge in [-0.1, -0.05) is 0 Å². The lowest BCUT2D eigenvalue weighted by Gasteiger charge is -2.26. The zero-order valence-corrected chi connectivity index (χ0v) is 11.9. The van der Waals surface area contributed by atoms with Gasteiger partial charge >= 0.3 is 0 Å². The van der Waals surface area contributed by atoms with E-state index >= 15 is 0 Å². The third-order valence-electron chi connectivity index (χ3n) is 3.61. The number of likely N-dealkylation sites (tertiary alicyclic amines) is 1. The molecule has 112 valence electrons. The number of hydrogen-bond acceptors (Lipinski definition) is 5. The summed E-state index contributed by atoms with van der Waals surface area (Å²) in [5.74, 6) is 0.690. The van der Waals surface area contributed by atoms with Gasteiger partial charge in [0, 0.05) is 13.7 Å². The minimum absolute atomic E-state index is 0.0752. The number of amides is 1. The molecule has 2 unspecified atom stereocenters. The summed E-state index contributed by atoms with van der Waals surface area (Å²) in [6.45, 7) is 2.79. The van der Waals surface area contributed by atoms with Crippen molar-refractivity contribution in [1.29, 1.82) is 0 Å². The molecule has 0 spiro atoms. The Bertz CT molecular complexity index is 402. The molecule has 1 saturated heterocycles. The zero-order chi connectivity index (χ0) is 14.4. The highest BCUT2D eigenvalue weighted by molar-refractivity contribution is 5.81. The van der Waals surface area contributed by atoms with Crippen LogP contribution in [0, 0.1) is 0 Å². The van der Waals surface area contributed by atoms with Crippen LogP contribution in [0.4, 0.5) is 0 Å². The molecule has 0 radical (unpaired) electrons. The van der Waals surface area contributed by atoms with Crippen LogP contribution < -0.4 is 11.1 Å². The molecule has 6 nitrogen and oxygen atoms in total. The third kappa shape index (κ3) is 3.82. The molecular formula is C14H23N3O3. The number of furan rings is 1. The molecule has 6 heteroatoms. The molecule has 1 aliphatic heterocycles. The normalized spacial score (nSPS) is 18.9. The summed E-state index contributed by atoms with van der Waals surface area (Å²) in [5.41, 5.74) is 5.71. The molecule has 3 N–H and O–H groups in total. The molecule has 2 heterocycles. The summed E-state index contributed by atoms with van der Waals surface area (Å²) in [6, 6.07) is 3.27. The number of carbonyl (C=O) groups is 1. The van der Waals surface area contributed by atoms with Crippen molar-refractivity contribution in [3.63, 3.8) is 0 Å². The number of nitrogens with one attached hydrogen (secondary N) is 1. The van der Waals surface area contributed by atoms with Crippen LogP contribution in [0.5, 0.6) is 0 Å². The number of methoxy groups -OCH3 is 1. The highest BCUT2D eigenvalue weighted by Gasteiger charge is 2.26. The van der Waals surface area contributed by atoms with Crippen molar-refractivity contribution in [2.45, 2.75) is 24.9 Å². The lowest BCUT2D eigenvalue weighted by molar-refractivity contribution is -0.123. The SMILES string of the molecule is COCC(N)C(=O)NCC(c1ccco1)N1CCCC1. The fourth-order valence-corrected chi connectivity index (χ4v) is 2.53. The van der Waals surface area contributed by atoms with E-state index in [0.29, 0.717) is 6.54 Å². The number of nitrogens with zero attached hydrogens (tertiary/aromatic N) is 1. The fourth-order valence-electron chi connectivity index (χ4n) is 2.53. The first-order valence-corrected chi connectivity index (χ1v) is 7.02. The van der Waals surface area contributed by atoms with Crippen LogP contribution in [0.3, 0.4) is 0 Å². The second-order valence-corrected chi connectivity index (χ2v) is 5.08. The Morgan fingerprint density at radius 1 is 1.55 bits per heavy atom. The van der Waals surface area contributed by atoms with Crippen LogP contribution in [-0.2, 0) is 9.53 Å².